The van der Waals surface area contributed by atoms with Crippen molar-refractivity contribution in [1.29, 1.82) is 0 Å². The molecule has 3 aromatic rings. The molecular weight excluding hydrogens is 488 g/mol. The Balaban J connectivity index is 1.77. The smallest absolute Gasteiger partial charge is 0.337 e. The normalized spacial score (nSPS) is 14.1. The lowest BCUT2D eigenvalue weighted by molar-refractivity contribution is -0.384. The molecule has 1 aliphatic heterocycles. The summed E-state index contributed by atoms with van der Waals surface area (Å²) in [5, 5.41) is 11.8. The Morgan fingerprint density at radius 3 is 2.42 bits per heavy atom. The maximum Gasteiger partial charge on any atom is 0.337 e. The zero-order valence-electron chi connectivity index (χ0n) is 19.8. The fourth-order valence-corrected chi connectivity index (χ4v) is 5.17. The highest BCUT2D eigenvalue weighted by Crippen LogP contribution is 2.31. The molecule has 0 spiro atoms. The Kier molecular flexibility index (Phi) is 7.44. The average Bonchev–Trinajstić information content (AvgIpc) is 3.23. The molecule has 0 atom stereocenters. The summed E-state index contributed by atoms with van der Waals surface area (Å²) in [7, 11) is 2.52. The maximum absolute atomic E-state index is 13.1. The highest BCUT2D eigenvalue weighted by atomic mass is 32.1. The van der Waals surface area contributed by atoms with Crippen LogP contribution in [-0.2, 0) is 20.8 Å². The number of fused-ring (bicyclic) bond motifs is 1. The highest BCUT2D eigenvalue weighted by Gasteiger charge is 2.23. The number of ether oxygens (including phenoxy) is 2. The van der Waals surface area contributed by atoms with Crippen molar-refractivity contribution in [3.63, 3.8) is 0 Å². The van der Waals surface area contributed by atoms with Gasteiger partial charge in [-0.1, -0.05) is 11.3 Å². The Hall–Kier alpha value is -4.06. The Morgan fingerprint density at radius 2 is 1.75 bits per heavy atom. The van der Waals surface area contributed by atoms with Gasteiger partial charge in [-0.25, -0.2) is 4.79 Å². The number of amides is 1. The van der Waals surface area contributed by atoms with Gasteiger partial charge < -0.3 is 18.9 Å². The van der Waals surface area contributed by atoms with E-state index in [9.17, 15) is 24.5 Å². The number of piperidine rings is 1. The number of carbonyl (C=O) groups excluding carboxylic acids is 3. The molecule has 1 fully saturated rings. The number of nitrogens with zero attached hydrogens (tertiary/aromatic N) is 4. The van der Waals surface area contributed by atoms with Crippen LogP contribution in [0.5, 0.6) is 0 Å². The Morgan fingerprint density at radius 1 is 1.03 bits per heavy atom. The van der Waals surface area contributed by atoms with E-state index in [0.29, 0.717) is 21.5 Å². The molecular formula is C24H24N4O7S. The zero-order valence-corrected chi connectivity index (χ0v) is 20.6. The number of methoxy groups -OCH3 is 2. The van der Waals surface area contributed by atoms with E-state index in [0.717, 1.165) is 43.7 Å². The van der Waals surface area contributed by atoms with Crippen LogP contribution in [0.25, 0.3) is 10.2 Å². The number of carbonyl (C=O) groups is 3. The van der Waals surface area contributed by atoms with Gasteiger partial charge >= 0.3 is 11.9 Å². The van der Waals surface area contributed by atoms with Crippen molar-refractivity contribution < 1.29 is 28.8 Å². The van der Waals surface area contributed by atoms with Crippen LogP contribution in [0, 0.1) is 10.1 Å². The first kappa shape index (κ1) is 25.0. The van der Waals surface area contributed by atoms with E-state index >= 15 is 0 Å². The van der Waals surface area contributed by atoms with Gasteiger partial charge in [-0.3, -0.25) is 19.7 Å². The molecule has 12 heteroatoms. The third kappa shape index (κ3) is 5.13. The van der Waals surface area contributed by atoms with Crippen molar-refractivity contribution in [2.45, 2.75) is 25.8 Å². The minimum absolute atomic E-state index is 0.0554. The van der Waals surface area contributed by atoms with E-state index in [1.807, 2.05) is 4.90 Å². The van der Waals surface area contributed by atoms with Crippen LogP contribution in [0.3, 0.4) is 0 Å². The minimum Gasteiger partial charge on any atom is -0.468 e. The van der Waals surface area contributed by atoms with Gasteiger partial charge in [0.05, 0.1) is 34.9 Å². The number of hydrogen-bond acceptors (Lipinski definition) is 9. The third-order valence-corrected chi connectivity index (χ3v) is 6.97. The summed E-state index contributed by atoms with van der Waals surface area (Å²) in [6.45, 7) is 1.23. The van der Waals surface area contributed by atoms with E-state index < -0.39 is 22.8 Å². The van der Waals surface area contributed by atoms with Gasteiger partial charge in [0.15, 0.2) is 4.80 Å². The molecule has 11 nitrogen and oxygen atoms in total. The predicted molar refractivity (Wildman–Crippen MR) is 132 cm³/mol. The molecule has 1 aliphatic rings. The Labute approximate surface area is 209 Å². The van der Waals surface area contributed by atoms with Crippen molar-refractivity contribution >= 4 is 50.8 Å². The van der Waals surface area contributed by atoms with Crippen LogP contribution in [0.2, 0.25) is 0 Å². The summed E-state index contributed by atoms with van der Waals surface area (Å²) in [5.74, 6) is -1.77. The second-order valence-electron chi connectivity index (χ2n) is 8.15. The topological polar surface area (TPSA) is 133 Å². The molecule has 2 aromatic carbocycles. The molecule has 1 saturated heterocycles. The number of anilines is 1. The number of nitro benzene ring substituents is 1. The number of hydrogen-bond donors (Lipinski definition) is 0. The van der Waals surface area contributed by atoms with Gasteiger partial charge in [-0.05, 0) is 49.6 Å². The molecule has 0 radical (unpaired) electrons. The van der Waals surface area contributed by atoms with E-state index in [2.05, 4.69) is 4.99 Å². The lowest BCUT2D eigenvalue weighted by Crippen LogP contribution is -2.30. The van der Waals surface area contributed by atoms with Crippen LogP contribution < -0.4 is 9.70 Å². The van der Waals surface area contributed by atoms with Crippen LogP contribution >= 0.6 is 11.3 Å². The van der Waals surface area contributed by atoms with E-state index in [-0.39, 0.29) is 22.6 Å². The molecule has 0 saturated carbocycles. The molecule has 4 rings (SSSR count). The summed E-state index contributed by atoms with van der Waals surface area (Å²) in [5.41, 5.74) is 1.25. The number of benzene rings is 2. The number of thiazole rings is 1. The van der Waals surface area contributed by atoms with Crippen LogP contribution in [0.4, 0.5) is 11.4 Å². The molecule has 36 heavy (non-hydrogen) atoms. The Bertz CT molecular complexity index is 1420. The molecule has 0 N–H and O–H groups in total. The third-order valence-electron chi connectivity index (χ3n) is 5.93. The number of rotatable bonds is 6. The summed E-state index contributed by atoms with van der Waals surface area (Å²) in [6, 6.07) is 9.11. The molecule has 2 heterocycles. The second kappa shape index (κ2) is 10.7. The molecule has 1 amide bonds. The van der Waals surface area contributed by atoms with Crippen molar-refractivity contribution in [2.24, 2.45) is 4.99 Å². The predicted octanol–water partition coefficient (Wildman–Crippen LogP) is 3.30. The van der Waals surface area contributed by atoms with Crippen LogP contribution in [0.1, 0.15) is 40.0 Å². The number of aromatic nitrogens is 1. The molecule has 188 valence electrons. The maximum atomic E-state index is 13.1. The minimum atomic E-state index is -0.693. The molecule has 0 aliphatic carbocycles. The van der Waals surface area contributed by atoms with Gasteiger partial charge in [0.25, 0.3) is 11.6 Å². The van der Waals surface area contributed by atoms with Gasteiger partial charge in [0, 0.05) is 24.7 Å². The first-order valence-electron chi connectivity index (χ1n) is 11.2. The van der Waals surface area contributed by atoms with Crippen LogP contribution in [-0.4, -0.2) is 54.6 Å². The summed E-state index contributed by atoms with van der Waals surface area (Å²) in [6.07, 6.45) is 3.00. The van der Waals surface area contributed by atoms with Crippen LogP contribution in [0.15, 0.2) is 41.4 Å². The zero-order chi connectivity index (χ0) is 25.8. The van der Waals surface area contributed by atoms with E-state index in [1.54, 1.807) is 24.3 Å². The largest absolute Gasteiger partial charge is 0.468 e. The first-order chi connectivity index (χ1) is 17.3. The van der Waals surface area contributed by atoms with Gasteiger partial charge in [0.1, 0.15) is 12.2 Å². The van der Waals surface area contributed by atoms with Crippen molar-refractivity contribution in [2.75, 3.05) is 32.2 Å². The molecule has 0 unspecified atom stereocenters. The van der Waals surface area contributed by atoms with E-state index in [1.165, 1.54) is 30.9 Å². The lowest BCUT2D eigenvalue weighted by atomic mass is 10.1. The standard InChI is InChI=1S/C24H24N4O7S/c1-34-21(29)14-27-18-9-7-16(23(31)35-2)13-20(18)36-24(27)25-22(30)15-6-8-17(19(12-15)28(32)33)26-10-4-3-5-11-26/h6-9,12-13H,3-5,10-11,14H2,1-2H3. The first-order valence-corrected chi connectivity index (χ1v) is 12.0. The molecule has 1 aromatic heterocycles. The van der Waals surface area contributed by atoms with Gasteiger partial charge in [-0.2, -0.15) is 4.99 Å². The monoisotopic (exact) mass is 512 g/mol. The average molecular weight is 513 g/mol. The van der Waals surface area contributed by atoms with E-state index in [4.69, 9.17) is 9.47 Å². The van der Waals surface area contributed by atoms with Crippen molar-refractivity contribution in [3.05, 3.63) is 62.4 Å². The fourth-order valence-electron chi connectivity index (χ4n) is 4.11. The van der Waals surface area contributed by atoms with Crippen molar-refractivity contribution in [3.8, 4) is 0 Å². The van der Waals surface area contributed by atoms with Crippen molar-refractivity contribution in [1.82, 2.24) is 4.57 Å². The molecule has 0 bridgehead atoms. The highest BCUT2D eigenvalue weighted by molar-refractivity contribution is 7.16. The SMILES string of the molecule is COC(=O)Cn1c(=NC(=O)c2ccc(N3CCCCC3)c([N+](=O)[O-])c2)sc2cc(C(=O)OC)ccc21. The van der Waals surface area contributed by atoms with Gasteiger partial charge in [0.2, 0.25) is 0 Å². The fraction of sp³-hybridized carbons (Fsp3) is 0.333. The summed E-state index contributed by atoms with van der Waals surface area (Å²) >= 11 is 1.10. The summed E-state index contributed by atoms with van der Waals surface area (Å²) in [4.78, 5) is 54.7. The summed E-state index contributed by atoms with van der Waals surface area (Å²) < 4.78 is 11.6. The number of nitro groups is 1. The quantitative estimate of drug-likeness (QED) is 0.279. The lowest BCUT2D eigenvalue weighted by Gasteiger charge is -2.28. The van der Waals surface area contributed by atoms with Gasteiger partial charge in [-0.15, -0.1) is 0 Å². The number of esters is 2. The second-order valence-corrected chi connectivity index (χ2v) is 9.16.